The van der Waals surface area contributed by atoms with Gasteiger partial charge in [0.2, 0.25) is 0 Å². The zero-order valence-electron chi connectivity index (χ0n) is 8.82. The van der Waals surface area contributed by atoms with Crippen molar-refractivity contribution in [3.8, 4) is 0 Å². The summed E-state index contributed by atoms with van der Waals surface area (Å²) in [6, 6.07) is 0. The second-order valence-corrected chi connectivity index (χ2v) is 1.56. The van der Waals surface area contributed by atoms with Crippen molar-refractivity contribution in [2.24, 2.45) is 0 Å². The predicted molar refractivity (Wildman–Crippen MR) is 45.7 cm³/mol. The van der Waals surface area contributed by atoms with Crippen LogP contribution >= 0.6 is 0 Å². The Morgan fingerprint density at radius 3 is 0.625 bits per heavy atom. The minimum absolute atomic E-state index is 0. The minimum Gasteiger partial charge on any atom is -0.870 e. The van der Waals surface area contributed by atoms with Gasteiger partial charge in [-0.25, -0.2) is 0 Å². The van der Waals surface area contributed by atoms with E-state index in [1.165, 1.54) is 0 Å². The molecule has 0 rings (SSSR count). The SMILES string of the molecule is CC(=O)O.CC(=O)O.CC(=O)O.[Cr+3].[OH-].[OH-].[OH-]. The molecule has 0 fully saturated rings. The summed E-state index contributed by atoms with van der Waals surface area (Å²) in [7, 11) is 0. The predicted octanol–water partition coefficient (Wildman–Crippen LogP) is -0.260. The van der Waals surface area contributed by atoms with Crippen molar-refractivity contribution in [1.29, 1.82) is 0 Å². The van der Waals surface area contributed by atoms with Crippen molar-refractivity contribution in [3.05, 3.63) is 0 Å². The molecule has 9 nitrogen and oxygen atoms in total. The summed E-state index contributed by atoms with van der Waals surface area (Å²) in [5.41, 5.74) is 0. The molecule has 10 heteroatoms. The van der Waals surface area contributed by atoms with Crippen LogP contribution in [0.2, 0.25) is 0 Å². The Balaban J connectivity index is -0.0000000135. The topological polar surface area (TPSA) is 202 Å². The number of carbonyl (C=O) groups is 3. The molecule has 6 N–H and O–H groups in total. The third-order valence-electron chi connectivity index (χ3n) is 0. The van der Waals surface area contributed by atoms with Crippen LogP contribution in [0.5, 0.6) is 0 Å². The van der Waals surface area contributed by atoms with Crippen LogP contribution in [0.3, 0.4) is 0 Å². The average Bonchev–Trinajstić information content (AvgIpc) is 1.54. The molecule has 0 aliphatic carbocycles. The summed E-state index contributed by atoms with van der Waals surface area (Å²) in [6.45, 7) is 3.25. The molecule has 0 aliphatic rings. The maximum absolute atomic E-state index is 9.00. The molecular weight excluding hydrogens is 268 g/mol. The summed E-state index contributed by atoms with van der Waals surface area (Å²) in [6.07, 6.45) is 0. The van der Waals surface area contributed by atoms with Crippen LogP contribution < -0.4 is 0 Å². The zero-order chi connectivity index (χ0) is 10.7. The molecule has 0 aliphatic heterocycles. The molecule has 0 atom stereocenters. The first-order valence-electron chi connectivity index (χ1n) is 2.78. The smallest absolute Gasteiger partial charge is 0.870 e. The van der Waals surface area contributed by atoms with E-state index >= 15 is 0 Å². The first-order valence-corrected chi connectivity index (χ1v) is 2.78. The fourth-order valence-electron chi connectivity index (χ4n) is 0. The number of rotatable bonds is 0. The van der Waals surface area contributed by atoms with E-state index in [-0.39, 0.29) is 33.8 Å². The normalized spacial score (nSPS) is 4.69. The Hall–Kier alpha value is -1.18. The van der Waals surface area contributed by atoms with E-state index in [2.05, 4.69) is 0 Å². The van der Waals surface area contributed by atoms with Gasteiger partial charge in [0.1, 0.15) is 0 Å². The standard InChI is InChI=1S/3C2H4O2.Cr.3H2O/c3*1-2(3)4;;;;/h3*1H3,(H,3,4);;3*1H2/q;;;+3;;;/p-3. The molecule has 99 valence electrons. The van der Waals surface area contributed by atoms with Crippen molar-refractivity contribution in [1.82, 2.24) is 0 Å². The van der Waals surface area contributed by atoms with E-state index in [9.17, 15) is 0 Å². The third-order valence-corrected chi connectivity index (χ3v) is 0. The molecule has 0 amide bonds. The fourth-order valence-corrected chi connectivity index (χ4v) is 0. The zero-order valence-corrected chi connectivity index (χ0v) is 10.1. The van der Waals surface area contributed by atoms with Crippen molar-refractivity contribution in [3.63, 3.8) is 0 Å². The maximum Gasteiger partial charge on any atom is 3.00 e. The van der Waals surface area contributed by atoms with E-state index in [1.807, 2.05) is 0 Å². The van der Waals surface area contributed by atoms with Gasteiger partial charge in [0.25, 0.3) is 17.9 Å². The molecule has 0 aromatic carbocycles. The maximum atomic E-state index is 9.00. The van der Waals surface area contributed by atoms with Crippen LogP contribution in [0.25, 0.3) is 0 Å². The summed E-state index contributed by atoms with van der Waals surface area (Å²) in [5, 5.41) is 22.2. The number of carboxylic acids is 3. The van der Waals surface area contributed by atoms with E-state index < -0.39 is 17.9 Å². The van der Waals surface area contributed by atoms with Gasteiger partial charge in [-0.05, 0) is 0 Å². The van der Waals surface area contributed by atoms with Gasteiger partial charge in [-0.15, -0.1) is 0 Å². The molecule has 0 bridgehead atoms. The van der Waals surface area contributed by atoms with Gasteiger partial charge in [0.05, 0.1) is 0 Å². The second kappa shape index (κ2) is 37.1. The summed E-state index contributed by atoms with van der Waals surface area (Å²) < 4.78 is 0. The first kappa shape index (κ1) is 46.3. The largest absolute Gasteiger partial charge is 3.00 e. The summed E-state index contributed by atoms with van der Waals surface area (Å²) in [5.74, 6) is -2.50. The van der Waals surface area contributed by atoms with E-state index in [0.717, 1.165) is 20.8 Å². The van der Waals surface area contributed by atoms with Crippen molar-refractivity contribution in [2.75, 3.05) is 0 Å². The molecule has 16 heavy (non-hydrogen) atoms. The van der Waals surface area contributed by atoms with Gasteiger partial charge in [0.15, 0.2) is 0 Å². The second-order valence-electron chi connectivity index (χ2n) is 1.56. The molecule has 0 saturated heterocycles. The molecule has 0 aromatic heterocycles. The Morgan fingerprint density at radius 2 is 0.625 bits per heavy atom. The van der Waals surface area contributed by atoms with E-state index in [1.54, 1.807) is 0 Å². The number of aliphatic carboxylic acids is 3. The first-order chi connectivity index (χ1) is 5.20. The van der Waals surface area contributed by atoms with Gasteiger partial charge < -0.3 is 31.7 Å². The summed E-state index contributed by atoms with van der Waals surface area (Å²) >= 11 is 0. The third kappa shape index (κ3) is 1290. The molecule has 0 aromatic rings. The molecule has 0 saturated carbocycles. The Bertz CT molecular complexity index is 118. The van der Waals surface area contributed by atoms with Crippen LogP contribution in [0.15, 0.2) is 0 Å². The van der Waals surface area contributed by atoms with Gasteiger partial charge in [0, 0.05) is 20.8 Å². The van der Waals surface area contributed by atoms with Crippen LogP contribution in [0.1, 0.15) is 20.8 Å². The van der Waals surface area contributed by atoms with Crippen LogP contribution in [0, 0.1) is 0 Å². The van der Waals surface area contributed by atoms with Crippen molar-refractivity contribution < 1.29 is 63.5 Å². The molecule has 0 unspecified atom stereocenters. The van der Waals surface area contributed by atoms with Gasteiger partial charge in [-0.3, -0.25) is 14.4 Å². The van der Waals surface area contributed by atoms with Gasteiger partial charge in [-0.2, -0.15) is 0 Å². The van der Waals surface area contributed by atoms with Crippen LogP contribution in [0.4, 0.5) is 0 Å². The Morgan fingerprint density at radius 1 is 0.625 bits per heavy atom. The molecular formula is C6H15CrO9. The minimum atomic E-state index is -0.833. The Labute approximate surface area is 103 Å². The van der Waals surface area contributed by atoms with Crippen LogP contribution in [-0.2, 0) is 31.7 Å². The van der Waals surface area contributed by atoms with E-state index in [4.69, 9.17) is 29.7 Å². The number of carboxylic acid groups (broad SMARTS) is 3. The van der Waals surface area contributed by atoms with Crippen molar-refractivity contribution in [2.45, 2.75) is 20.8 Å². The van der Waals surface area contributed by atoms with Crippen molar-refractivity contribution >= 4 is 17.9 Å². The van der Waals surface area contributed by atoms with E-state index in [0.29, 0.717) is 0 Å². The fraction of sp³-hybridized carbons (Fsp3) is 0.500. The van der Waals surface area contributed by atoms with Crippen LogP contribution in [-0.4, -0.2) is 49.7 Å². The number of hydrogen-bond donors (Lipinski definition) is 3. The number of hydrogen-bond acceptors (Lipinski definition) is 6. The average molecular weight is 283 g/mol. The quantitative estimate of drug-likeness (QED) is 0.534. The molecule has 0 spiro atoms. The Kier molecular flexibility index (Phi) is 107. The molecule has 1 radical (unpaired) electrons. The van der Waals surface area contributed by atoms with Gasteiger partial charge in [-0.1, -0.05) is 0 Å². The monoisotopic (exact) mass is 283 g/mol. The molecule has 0 heterocycles. The summed E-state index contributed by atoms with van der Waals surface area (Å²) in [4.78, 5) is 27.0. The van der Waals surface area contributed by atoms with Gasteiger partial charge >= 0.3 is 17.4 Å².